The highest BCUT2D eigenvalue weighted by molar-refractivity contribution is 5.94. The van der Waals surface area contributed by atoms with E-state index in [0.29, 0.717) is 23.6 Å². The minimum Gasteiger partial charge on any atom is -0.379 e. The number of amides is 1. The maximum Gasteiger partial charge on any atom is 0.246 e. The van der Waals surface area contributed by atoms with Crippen LogP contribution in [-0.2, 0) is 9.53 Å². The lowest BCUT2D eigenvalue weighted by molar-refractivity contribution is -0.114. The van der Waals surface area contributed by atoms with Crippen molar-refractivity contribution in [2.45, 2.75) is 26.8 Å². The van der Waals surface area contributed by atoms with Gasteiger partial charge in [0, 0.05) is 43.5 Å². The van der Waals surface area contributed by atoms with Crippen molar-refractivity contribution in [3.63, 3.8) is 0 Å². The Bertz CT molecular complexity index is 720. The molecule has 1 aliphatic rings. The van der Waals surface area contributed by atoms with E-state index in [1.807, 2.05) is 25.1 Å². The number of aliphatic imine (C=N–C) groups is 1. The fourth-order valence-electron chi connectivity index (χ4n) is 3.28. The van der Waals surface area contributed by atoms with Crippen LogP contribution < -0.4 is 16.0 Å². The second kappa shape index (κ2) is 12.1. The van der Waals surface area contributed by atoms with E-state index < -0.39 is 0 Å². The molecule has 7 nitrogen and oxygen atoms in total. The number of anilines is 1. The van der Waals surface area contributed by atoms with E-state index in [1.165, 1.54) is 0 Å². The van der Waals surface area contributed by atoms with E-state index in [4.69, 9.17) is 11.2 Å². The van der Waals surface area contributed by atoms with Crippen molar-refractivity contribution in [3.8, 4) is 12.3 Å². The highest BCUT2D eigenvalue weighted by Gasteiger charge is 2.23. The quantitative estimate of drug-likeness (QED) is 0.351. The van der Waals surface area contributed by atoms with E-state index in [1.54, 1.807) is 6.07 Å². The van der Waals surface area contributed by atoms with Crippen molar-refractivity contribution in [2.75, 3.05) is 51.3 Å². The molecule has 29 heavy (non-hydrogen) atoms. The summed E-state index contributed by atoms with van der Waals surface area (Å²) in [6, 6.07) is 7.59. The smallest absolute Gasteiger partial charge is 0.246 e. The van der Waals surface area contributed by atoms with Crippen molar-refractivity contribution in [3.05, 3.63) is 29.8 Å². The number of terminal acetylenes is 1. The summed E-state index contributed by atoms with van der Waals surface area (Å²) in [5, 5.41) is 9.42. The van der Waals surface area contributed by atoms with Gasteiger partial charge in [-0.25, -0.2) is 4.99 Å². The van der Waals surface area contributed by atoms with Crippen LogP contribution in [0.1, 0.15) is 26.3 Å². The molecule has 1 saturated heterocycles. The van der Waals surface area contributed by atoms with Crippen LogP contribution >= 0.6 is 0 Å². The molecule has 1 fully saturated rings. The van der Waals surface area contributed by atoms with Crippen LogP contribution in [0.2, 0.25) is 0 Å². The average molecular weight is 400 g/mol. The third-order valence-corrected chi connectivity index (χ3v) is 4.80. The van der Waals surface area contributed by atoms with Crippen LogP contribution in [0.3, 0.4) is 0 Å². The van der Waals surface area contributed by atoms with Crippen molar-refractivity contribution in [1.82, 2.24) is 15.5 Å². The second-order valence-corrected chi connectivity index (χ2v) is 7.31. The molecule has 1 unspecified atom stereocenters. The Kier molecular flexibility index (Phi) is 9.48. The Morgan fingerprint density at radius 1 is 1.31 bits per heavy atom. The standard InChI is InChI=1S/C22H33N5O2/c1-5-18-8-7-9-19(14-18)26-21(28)16-25-22(23-6-2)24-15-20(17(3)4)27-10-12-29-13-11-27/h1,7-9,14,17,20H,6,10-13,15-16H2,2-4H3,(H,26,28)(H2,23,24,25). The molecule has 0 aliphatic carbocycles. The first kappa shape index (κ1) is 22.7. The summed E-state index contributed by atoms with van der Waals surface area (Å²) >= 11 is 0. The Morgan fingerprint density at radius 3 is 2.72 bits per heavy atom. The predicted octanol–water partition coefficient (Wildman–Crippen LogP) is 1.52. The topological polar surface area (TPSA) is 78.0 Å². The van der Waals surface area contributed by atoms with Crippen molar-refractivity contribution in [2.24, 2.45) is 10.9 Å². The molecule has 1 amide bonds. The number of nitrogens with one attached hydrogen (secondary N) is 3. The minimum atomic E-state index is -0.190. The van der Waals surface area contributed by atoms with E-state index >= 15 is 0 Å². The van der Waals surface area contributed by atoms with Gasteiger partial charge in [0.25, 0.3) is 0 Å². The van der Waals surface area contributed by atoms with Gasteiger partial charge in [0.05, 0.1) is 13.2 Å². The SMILES string of the molecule is C#Cc1cccc(NC(=O)CN=C(NCC)NCC(C(C)C)N2CCOCC2)c1. The summed E-state index contributed by atoms with van der Waals surface area (Å²) in [6.07, 6.45) is 5.40. The summed E-state index contributed by atoms with van der Waals surface area (Å²) in [4.78, 5) is 19.1. The summed E-state index contributed by atoms with van der Waals surface area (Å²) < 4.78 is 5.47. The molecule has 7 heteroatoms. The van der Waals surface area contributed by atoms with Gasteiger partial charge in [0.15, 0.2) is 5.96 Å². The van der Waals surface area contributed by atoms with Crippen molar-refractivity contribution < 1.29 is 9.53 Å². The number of rotatable bonds is 8. The first-order chi connectivity index (χ1) is 14.0. The Labute approximate surface area is 174 Å². The van der Waals surface area contributed by atoms with Gasteiger partial charge >= 0.3 is 0 Å². The van der Waals surface area contributed by atoms with Crippen LogP contribution in [0.4, 0.5) is 5.69 Å². The van der Waals surface area contributed by atoms with Crippen LogP contribution in [0.5, 0.6) is 0 Å². The number of carbonyl (C=O) groups excluding carboxylic acids is 1. The largest absolute Gasteiger partial charge is 0.379 e. The molecule has 0 aromatic heterocycles. The van der Waals surface area contributed by atoms with E-state index in [9.17, 15) is 4.79 Å². The molecular formula is C22H33N5O2. The number of morpholine rings is 1. The molecule has 1 aromatic rings. The van der Waals surface area contributed by atoms with Gasteiger partial charge in [-0.3, -0.25) is 9.69 Å². The number of guanidine groups is 1. The molecule has 3 N–H and O–H groups in total. The third kappa shape index (κ3) is 7.76. The van der Waals surface area contributed by atoms with Crippen LogP contribution in [0.25, 0.3) is 0 Å². The number of carbonyl (C=O) groups is 1. The van der Waals surface area contributed by atoms with Crippen LogP contribution in [-0.4, -0.2) is 68.7 Å². The fraction of sp³-hybridized carbons (Fsp3) is 0.545. The van der Waals surface area contributed by atoms with E-state index in [0.717, 1.165) is 45.0 Å². The zero-order valence-corrected chi connectivity index (χ0v) is 17.7. The summed E-state index contributed by atoms with van der Waals surface area (Å²) in [5.41, 5.74) is 1.40. The fourth-order valence-corrected chi connectivity index (χ4v) is 3.28. The molecule has 1 aromatic carbocycles. The molecule has 1 aliphatic heterocycles. The molecule has 0 spiro atoms. The second-order valence-electron chi connectivity index (χ2n) is 7.31. The molecule has 0 bridgehead atoms. The zero-order valence-electron chi connectivity index (χ0n) is 17.7. The normalized spacial score (nSPS) is 16.2. The molecule has 158 valence electrons. The van der Waals surface area contributed by atoms with Crippen molar-refractivity contribution in [1.29, 1.82) is 0 Å². The van der Waals surface area contributed by atoms with Gasteiger partial charge < -0.3 is 20.7 Å². The minimum absolute atomic E-state index is 0.0273. The molecule has 1 heterocycles. The number of nitrogens with zero attached hydrogens (tertiary/aromatic N) is 2. The molecule has 0 saturated carbocycles. The maximum atomic E-state index is 12.3. The van der Waals surface area contributed by atoms with Gasteiger partial charge in [0.2, 0.25) is 5.91 Å². The summed E-state index contributed by atoms with van der Waals surface area (Å²) in [7, 11) is 0. The van der Waals surface area contributed by atoms with Crippen LogP contribution in [0, 0.1) is 18.3 Å². The molecule has 1 atom stereocenters. The van der Waals surface area contributed by atoms with E-state index in [-0.39, 0.29) is 12.5 Å². The Hall–Kier alpha value is -2.56. The van der Waals surface area contributed by atoms with Gasteiger partial charge in [-0.1, -0.05) is 25.8 Å². The third-order valence-electron chi connectivity index (χ3n) is 4.80. The first-order valence-corrected chi connectivity index (χ1v) is 10.2. The van der Waals surface area contributed by atoms with Crippen LogP contribution in [0.15, 0.2) is 29.3 Å². The number of hydrogen-bond acceptors (Lipinski definition) is 4. The Morgan fingerprint density at radius 2 is 2.07 bits per heavy atom. The molecule has 0 radical (unpaired) electrons. The predicted molar refractivity (Wildman–Crippen MR) is 118 cm³/mol. The lowest BCUT2D eigenvalue weighted by atomic mass is 10.0. The number of benzene rings is 1. The number of hydrogen-bond donors (Lipinski definition) is 3. The first-order valence-electron chi connectivity index (χ1n) is 10.2. The molecule has 2 rings (SSSR count). The maximum absolute atomic E-state index is 12.3. The highest BCUT2D eigenvalue weighted by atomic mass is 16.5. The average Bonchev–Trinajstić information content (AvgIpc) is 2.72. The van der Waals surface area contributed by atoms with Gasteiger partial charge in [0.1, 0.15) is 6.54 Å². The Balaban J connectivity index is 1.91. The summed E-state index contributed by atoms with van der Waals surface area (Å²) in [6.45, 7) is 11.4. The van der Waals surface area contributed by atoms with Gasteiger partial charge in [-0.2, -0.15) is 0 Å². The zero-order chi connectivity index (χ0) is 21.1. The van der Waals surface area contributed by atoms with Gasteiger partial charge in [-0.15, -0.1) is 6.42 Å². The summed E-state index contributed by atoms with van der Waals surface area (Å²) in [5.74, 6) is 3.50. The van der Waals surface area contributed by atoms with E-state index in [2.05, 4.69) is 45.6 Å². The number of ether oxygens (including phenoxy) is 1. The van der Waals surface area contributed by atoms with Gasteiger partial charge in [-0.05, 0) is 31.0 Å². The monoisotopic (exact) mass is 399 g/mol. The van der Waals surface area contributed by atoms with Crippen molar-refractivity contribution >= 4 is 17.6 Å². The lowest BCUT2D eigenvalue weighted by Gasteiger charge is -2.37. The lowest BCUT2D eigenvalue weighted by Crippen LogP contribution is -2.52. The highest BCUT2D eigenvalue weighted by Crippen LogP contribution is 2.12. The molecular weight excluding hydrogens is 366 g/mol.